The predicted molar refractivity (Wildman–Crippen MR) is 99.3 cm³/mol. The molecule has 0 aromatic carbocycles. The van der Waals surface area contributed by atoms with Gasteiger partial charge in [-0.3, -0.25) is 10.6 Å². The van der Waals surface area contributed by atoms with Gasteiger partial charge in [-0.1, -0.05) is 13.3 Å². The number of amides is 2. The average Bonchev–Trinajstić information content (AvgIpc) is 2.67. The van der Waals surface area contributed by atoms with Gasteiger partial charge in [0.05, 0.1) is 6.61 Å². The summed E-state index contributed by atoms with van der Waals surface area (Å²) in [4.78, 5) is 22.0. The van der Waals surface area contributed by atoms with Gasteiger partial charge in [0.25, 0.3) is 0 Å². The third-order valence-corrected chi connectivity index (χ3v) is 2.97. The highest BCUT2D eigenvalue weighted by Crippen LogP contribution is 2.03. The Morgan fingerprint density at radius 2 is 1.54 bits per heavy atom. The van der Waals surface area contributed by atoms with Gasteiger partial charge in [-0.05, 0) is 54.4 Å². The van der Waals surface area contributed by atoms with Crippen LogP contribution in [0.2, 0.25) is 0 Å². The molecule has 10 nitrogen and oxygen atoms in total. The van der Waals surface area contributed by atoms with Crippen molar-refractivity contribution in [2.45, 2.75) is 19.8 Å². The van der Waals surface area contributed by atoms with Gasteiger partial charge in [0.2, 0.25) is 0 Å². The Labute approximate surface area is 160 Å². The second-order valence-corrected chi connectivity index (χ2v) is 5.15. The largest absolute Gasteiger partial charge is 0.465 e. The Kier molecular flexibility index (Phi) is 7.72. The Bertz CT molecular complexity index is 937. The van der Waals surface area contributed by atoms with E-state index >= 15 is 0 Å². The minimum absolute atomic E-state index is 0.0994. The predicted octanol–water partition coefficient (Wildman–Crippen LogP) is 2.11. The molecule has 0 aliphatic carbocycles. The number of carboxylic acid groups (broad SMARTS) is 1. The lowest BCUT2D eigenvalue weighted by Crippen LogP contribution is -2.15. The van der Waals surface area contributed by atoms with E-state index in [0.29, 0.717) is 18.0 Å². The lowest BCUT2D eigenvalue weighted by atomic mass is 10.3. The monoisotopic (exact) mass is 380 g/mol. The number of aromatic nitrogens is 4. The number of unbranched alkanes of at least 4 members (excludes halogenated alkanes) is 1. The molecule has 0 fully saturated rings. The van der Waals surface area contributed by atoms with Crippen molar-refractivity contribution in [1.29, 1.82) is 0 Å². The van der Waals surface area contributed by atoms with Crippen molar-refractivity contribution in [3.8, 4) is 23.7 Å². The van der Waals surface area contributed by atoms with E-state index in [1.807, 2.05) is 6.92 Å². The van der Waals surface area contributed by atoms with Crippen LogP contribution in [0.15, 0.2) is 24.3 Å². The fourth-order valence-electron chi connectivity index (χ4n) is 1.68. The molecule has 10 heteroatoms. The summed E-state index contributed by atoms with van der Waals surface area (Å²) in [6, 6.07) is 6.07. The average molecular weight is 380 g/mol. The van der Waals surface area contributed by atoms with Gasteiger partial charge in [-0.2, -0.15) is 0 Å². The van der Waals surface area contributed by atoms with Gasteiger partial charge < -0.3 is 9.84 Å². The Morgan fingerprint density at radius 1 is 0.964 bits per heavy atom. The molecule has 0 saturated heterocycles. The highest BCUT2D eigenvalue weighted by atomic mass is 16.5. The summed E-state index contributed by atoms with van der Waals surface area (Å²) in [6.45, 7) is 2.35. The van der Waals surface area contributed by atoms with Crippen LogP contribution in [0.5, 0.6) is 0 Å². The maximum Gasteiger partial charge on any atom is 0.412 e. The molecule has 0 saturated carbocycles. The van der Waals surface area contributed by atoms with Crippen molar-refractivity contribution in [1.82, 2.24) is 20.4 Å². The fraction of sp³-hybridized carbons (Fsp3) is 0.222. The number of anilines is 2. The van der Waals surface area contributed by atoms with Crippen molar-refractivity contribution in [2.24, 2.45) is 0 Å². The maximum absolute atomic E-state index is 11.5. The number of ether oxygens (including phenoxy) is 1. The van der Waals surface area contributed by atoms with Gasteiger partial charge in [0.1, 0.15) is 11.4 Å². The summed E-state index contributed by atoms with van der Waals surface area (Å²) in [7, 11) is 0. The summed E-state index contributed by atoms with van der Waals surface area (Å²) in [6.07, 6.45) is -0.0832. The second kappa shape index (κ2) is 10.7. The molecule has 2 rings (SSSR count). The van der Waals surface area contributed by atoms with Crippen molar-refractivity contribution in [3.05, 3.63) is 35.7 Å². The summed E-state index contributed by atoms with van der Waals surface area (Å²) in [5.74, 6) is 10.9. The summed E-state index contributed by atoms with van der Waals surface area (Å²) >= 11 is 0. The van der Waals surface area contributed by atoms with Crippen LogP contribution >= 0.6 is 0 Å². The maximum atomic E-state index is 11.5. The molecule has 28 heavy (non-hydrogen) atoms. The van der Waals surface area contributed by atoms with Crippen LogP contribution in [0.4, 0.5) is 21.2 Å². The van der Waals surface area contributed by atoms with Crippen LogP contribution < -0.4 is 10.6 Å². The number of nitrogens with one attached hydrogen (secondary N) is 2. The smallest absolute Gasteiger partial charge is 0.412 e. The van der Waals surface area contributed by atoms with Gasteiger partial charge in [-0.25, -0.2) is 9.59 Å². The van der Waals surface area contributed by atoms with E-state index in [1.54, 1.807) is 12.1 Å². The third-order valence-electron chi connectivity index (χ3n) is 2.97. The van der Waals surface area contributed by atoms with Crippen LogP contribution in [0, 0.1) is 23.7 Å². The molecule has 0 unspecified atom stereocenters. The summed E-state index contributed by atoms with van der Waals surface area (Å²) in [5, 5.41) is 28.2. The van der Waals surface area contributed by atoms with E-state index in [-0.39, 0.29) is 11.6 Å². The zero-order valence-electron chi connectivity index (χ0n) is 14.9. The minimum atomic E-state index is -1.23. The first-order chi connectivity index (χ1) is 13.6. The van der Waals surface area contributed by atoms with Crippen LogP contribution in [0.25, 0.3) is 0 Å². The van der Waals surface area contributed by atoms with Crippen LogP contribution in [-0.2, 0) is 4.74 Å². The Morgan fingerprint density at radius 3 is 2.00 bits per heavy atom. The fourth-order valence-corrected chi connectivity index (χ4v) is 1.68. The van der Waals surface area contributed by atoms with Crippen LogP contribution in [0.3, 0.4) is 0 Å². The number of hydrogen-bond acceptors (Lipinski definition) is 7. The molecule has 0 radical (unpaired) electrons. The molecule has 2 aromatic rings. The highest BCUT2D eigenvalue weighted by Gasteiger charge is 2.04. The van der Waals surface area contributed by atoms with Gasteiger partial charge in [-0.15, -0.1) is 20.4 Å². The first-order valence-electron chi connectivity index (χ1n) is 8.20. The van der Waals surface area contributed by atoms with E-state index < -0.39 is 12.2 Å². The number of hydrogen-bond donors (Lipinski definition) is 3. The van der Waals surface area contributed by atoms with E-state index in [2.05, 4.69) is 54.7 Å². The van der Waals surface area contributed by atoms with Crippen LogP contribution in [-0.4, -0.2) is 44.3 Å². The normalized spacial score (nSPS) is 9.18. The van der Waals surface area contributed by atoms with Gasteiger partial charge >= 0.3 is 12.2 Å². The molecular weight excluding hydrogens is 364 g/mol. The summed E-state index contributed by atoms with van der Waals surface area (Å²) in [5.41, 5.74) is 0.698. The topological polar surface area (TPSA) is 139 Å². The van der Waals surface area contributed by atoms with Gasteiger partial charge in [0, 0.05) is 0 Å². The molecule has 0 spiro atoms. The number of carbonyl (C=O) groups excluding carboxylic acids is 1. The lowest BCUT2D eigenvalue weighted by Gasteiger charge is -2.04. The number of carbonyl (C=O) groups is 2. The standard InChI is InChI=1S/C18H16N6O4/c1-2-3-12-28-18(27)20-16-11-9-14(22-24-16)7-5-4-6-13-8-10-15(23-21-13)19-17(25)26/h8-11H,2-3,12H2,1H3,(H,19,23)(H,25,26)(H,20,24,27). The molecule has 0 atom stereocenters. The number of rotatable bonds is 5. The molecule has 142 valence electrons. The Balaban J connectivity index is 1.88. The zero-order chi connectivity index (χ0) is 20.2. The van der Waals surface area contributed by atoms with E-state index in [1.165, 1.54) is 12.1 Å². The zero-order valence-corrected chi connectivity index (χ0v) is 14.9. The van der Waals surface area contributed by atoms with Crippen molar-refractivity contribution in [2.75, 3.05) is 17.2 Å². The first kappa shape index (κ1) is 20.1. The highest BCUT2D eigenvalue weighted by molar-refractivity contribution is 5.83. The molecule has 2 amide bonds. The number of nitrogens with zero attached hydrogens (tertiary/aromatic N) is 4. The molecule has 0 bridgehead atoms. The Hall–Kier alpha value is -4.18. The molecule has 2 heterocycles. The second-order valence-electron chi connectivity index (χ2n) is 5.15. The van der Waals surface area contributed by atoms with Crippen molar-refractivity contribution < 1.29 is 19.4 Å². The molecule has 0 aliphatic rings. The lowest BCUT2D eigenvalue weighted by molar-refractivity contribution is 0.159. The van der Waals surface area contributed by atoms with Crippen molar-refractivity contribution >= 4 is 23.8 Å². The molecule has 0 aliphatic heterocycles. The summed E-state index contributed by atoms with van der Waals surface area (Å²) < 4.78 is 4.96. The quantitative estimate of drug-likeness (QED) is 0.529. The van der Waals surface area contributed by atoms with Crippen molar-refractivity contribution in [3.63, 3.8) is 0 Å². The minimum Gasteiger partial charge on any atom is -0.465 e. The van der Waals surface area contributed by atoms with E-state index in [0.717, 1.165) is 12.8 Å². The first-order valence-corrected chi connectivity index (χ1v) is 8.20. The third kappa shape index (κ3) is 7.37. The van der Waals surface area contributed by atoms with Crippen LogP contribution in [0.1, 0.15) is 31.2 Å². The van der Waals surface area contributed by atoms with E-state index in [9.17, 15) is 9.59 Å². The molecule has 2 aromatic heterocycles. The molecular formula is C18H16N6O4. The SMILES string of the molecule is CCCCOC(=O)Nc1ccc(C#CC#Cc2ccc(NC(=O)O)nn2)nn1. The van der Waals surface area contributed by atoms with Gasteiger partial charge in [0.15, 0.2) is 11.6 Å². The molecule has 3 N–H and O–H groups in total. The van der Waals surface area contributed by atoms with E-state index in [4.69, 9.17) is 9.84 Å².